The van der Waals surface area contributed by atoms with Crippen LogP contribution >= 0.6 is 11.3 Å². The molecule has 0 aliphatic rings. The maximum absolute atomic E-state index is 14.1. The molecule has 23 heavy (non-hydrogen) atoms. The van der Waals surface area contributed by atoms with Gasteiger partial charge in [0.25, 0.3) is 5.91 Å². The quantitative estimate of drug-likeness (QED) is 0.803. The van der Waals surface area contributed by atoms with Gasteiger partial charge in [-0.2, -0.15) is 0 Å². The summed E-state index contributed by atoms with van der Waals surface area (Å²) < 4.78 is 20.0. The standard InChI is InChI=1S/C17H23FN2O2S/c1-4-20(5-2)10-9-19-17(21)16-12(11-22-3)15-13(18)7-6-8-14(15)23-16/h6-8H,4-5,9-11H2,1-3H3,(H,19,21). The van der Waals surface area contributed by atoms with Gasteiger partial charge in [0.2, 0.25) is 0 Å². The summed E-state index contributed by atoms with van der Waals surface area (Å²) >= 11 is 1.31. The molecule has 1 aromatic heterocycles. The van der Waals surface area contributed by atoms with E-state index in [1.54, 1.807) is 13.2 Å². The predicted octanol–water partition coefficient (Wildman–Crippen LogP) is 3.26. The number of nitrogens with zero attached hydrogens (tertiary/aromatic N) is 1. The van der Waals surface area contributed by atoms with Gasteiger partial charge in [-0.1, -0.05) is 19.9 Å². The zero-order chi connectivity index (χ0) is 16.8. The number of amides is 1. The average Bonchev–Trinajstić information content (AvgIpc) is 2.92. The van der Waals surface area contributed by atoms with Crippen LogP contribution in [0.2, 0.25) is 0 Å². The first-order chi connectivity index (χ1) is 11.1. The van der Waals surface area contributed by atoms with Gasteiger partial charge in [-0.3, -0.25) is 4.79 Å². The molecule has 0 unspecified atom stereocenters. The second kappa shape index (κ2) is 8.38. The molecule has 1 N–H and O–H groups in total. The third-order valence-corrected chi connectivity index (χ3v) is 5.06. The maximum Gasteiger partial charge on any atom is 0.261 e. The summed E-state index contributed by atoms with van der Waals surface area (Å²) in [7, 11) is 1.55. The van der Waals surface area contributed by atoms with Crippen molar-refractivity contribution in [1.29, 1.82) is 0 Å². The molecule has 0 atom stereocenters. The van der Waals surface area contributed by atoms with Crippen LogP contribution in [0.15, 0.2) is 18.2 Å². The van der Waals surface area contributed by atoms with E-state index in [1.807, 2.05) is 6.07 Å². The van der Waals surface area contributed by atoms with Crippen molar-refractivity contribution in [2.75, 3.05) is 33.3 Å². The molecular weight excluding hydrogens is 315 g/mol. The van der Waals surface area contributed by atoms with E-state index in [1.165, 1.54) is 17.4 Å². The van der Waals surface area contributed by atoms with Gasteiger partial charge in [0.15, 0.2) is 0 Å². The minimum Gasteiger partial charge on any atom is -0.380 e. The highest BCUT2D eigenvalue weighted by atomic mass is 32.1. The molecule has 4 nitrogen and oxygen atoms in total. The normalized spacial score (nSPS) is 11.3. The molecule has 0 aliphatic heterocycles. The van der Waals surface area contributed by atoms with E-state index in [0.29, 0.717) is 22.4 Å². The minimum absolute atomic E-state index is 0.162. The van der Waals surface area contributed by atoms with Crippen molar-refractivity contribution in [2.45, 2.75) is 20.5 Å². The molecule has 1 heterocycles. The molecule has 0 aliphatic carbocycles. The van der Waals surface area contributed by atoms with E-state index >= 15 is 0 Å². The van der Waals surface area contributed by atoms with Gasteiger partial charge < -0.3 is 15.0 Å². The number of hydrogen-bond acceptors (Lipinski definition) is 4. The first-order valence-corrected chi connectivity index (χ1v) is 8.63. The highest BCUT2D eigenvalue weighted by Crippen LogP contribution is 2.33. The van der Waals surface area contributed by atoms with Crippen molar-refractivity contribution >= 4 is 27.3 Å². The number of carbonyl (C=O) groups is 1. The number of ether oxygens (including phenoxy) is 1. The lowest BCUT2D eigenvalue weighted by Gasteiger charge is -2.17. The molecule has 2 aromatic rings. The summed E-state index contributed by atoms with van der Waals surface area (Å²) in [5.41, 5.74) is 0.630. The summed E-state index contributed by atoms with van der Waals surface area (Å²) in [6.07, 6.45) is 0. The SMILES string of the molecule is CCN(CC)CCNC(=O)c1sc2cccc(F)c2c1COC. The molecular formula is C17H23FN2O2S. The second-order valence-electron chi connectivity index (χ2n) is 5.24. The lowest BCUT2D eigenvalue weighted by molar-refractivity contribution is 0.0948. The number of thiophene rings is 1. The number of carbonyl (C=O) groups excluding carboxylic acids is 1. The van der Waals surface area contributed by atoms with Crippen molar-refractivity contribution in [2.24, 2.45) is 0 Å². The lowest BCUT2D eigenvalue weighted by atomic mass is 10.1. The molecule has 0 spiro atoms. The zero-order valence-electron chi connectivity index (χ0n) is 13.8. The smallest absolute Gasteiger partial charge is 0.261 e. The highest BCUT2D eigenvalue weighted by molar-refractivity contribution is 7.21. The number of methoxy groups -OCH3 is 1. The van der Waals surface area contributed by atoms with Crippen LogP contribution in [-0.2, 0) is 11.3 Å². The molecule has 0 fully saturated rings. The zero-order valence-corrected chi connectivity index (χ0v) is 14.6. The molecule has 0 saturated heterocycles. The molecule has 0 saturated carbocycles. The molecule has 1 amide bonds. The van der Waals surface area contributed by atoms with E-state index < -0.39 is 0 Å². The van der Waals surface area contributed by atoms with E-state index in [2.05, 4.69) is 24.1 Å². The number of halogens is 1. The Morgan fingerprint density at radius 3 is 2.74 bits per heavy atom. The van der Waals surface area contributed by atoms with Gasteiger partial charge in [0.05, 0.1) is 11.5 Å². The van der Waals surface area contributed by atoms with Crippen molar-refractivity contribution in [3.8, 4) is 0 Å². The van der Waals surface area contributed by atoms with Gasteiger partial charge in [-0.05, 0) is 25.2 Å². The van der Waals surface area contributed by atoms with Crippen LogP contribution in [-0.4, -0.2) is 44.1 Å². The summed E-state index contributed by atoms with van der Waals surface area (Å²) in [5, 5.41) is 3.42. The van der Waals surface area contributed by atoms with E-state index in [0.717, 1.165) is 24.3 Å². The van der Waals surface area contributed by atoms with Gasteiger partial charge >= 0.3 is 0 Å². The van der Waals surface area contributed by atoms with Crippen molar-refractivity contribution in [3.05, 3.63) is 34.5 Å². The van der Waals surface area contributed by atoms with Crippen molar-refractivity contribution < 1.29 is 13.9 Å². The lowest BCUT2D eigenvalue weighted by Crippen LogP contribution is -2.34. The fourth-order valence-corrected chi connectivity index (χ4v) is 3.72. The monoisotopic (exact) mass is 338 g/mol. The van der Waals surface area contributed by atoms with Crippen LogP contribution in [0.25, 0.3) is 10.1 Å². The van der Waals surface area contributed by atoms with Crippen LogP contribution in [0.5, 0.6) is 0 Å². The third-order valence-electron chi connectivity index (χ3n) is 3.87. The number of hydrogen-bond donors (Lipinski definition) is 1. The largest absolute Gasteiger partial charge is 0.380 e. The molecule has 0 bridgehead atoms. The molecule has 6 heteroatoms. The van der Waals surface area contributed by atoms with E-state index in [9.17, 15) is 9.18 Å². The third kappa shape index (κ3) is 4.07. The summed E-state index contributed by atoms with van der Waals surface area (Å²) in [5.74, 6) is -0.474. The topological polar surface area (TPSA) is 41.6 Å². The summed E-state index contributed by atoms with van der Waals surface area (Å²) in [6, 6.07) is 4.90. The number of nitrogens with one attached hydrogen (secondary N) is 1. The number of fused-ring (bicyclic) bond motifs is 1. The van der Waals surface area contributed by atoms with Crippen LogP contribution in [0.1, 0.15) is 29.1 Å². The Morgan fingerprint density at radius 2 is 2.09 bits per heavy atom. The van der Waals surface area contributed by atoms with Crippen molar-refractivity contribution in [1.82, 2.24) is 10.2 Å². The van der Waals surface area contributed by atoms with Gasteiger partial charge in [-0.25, -0.2) is 4.39 Å². The first-order valence-electron chi connectivity index (χ1n) is 7.81. The molecule has 2 rings (SSSR count). The van der Waals surface area contributed by atoms with Gasteiger partial charge in [-0.15, -0.1) is 11.3 Å². The molecule has 0 radical (unpaired) electrons. The number of benzene rings is 1. The predicted molar refractivity (Wildman–Crippen MR) is 92.6 cm³/mol. The van der Waals surface area contributed by atoms with Gasteiger partial charge in [0.1, 0.15) is 5.82 Å². The molecule has 1 aromatic carbocycles. The average molecular weight is 338 g/mol. The fourth-order valence-electron chi connectivity index (χ4n) is 2.58. The Kier molecular flexibility index (Phi) is 6.50. The van der Waals surface area contributed by atoms with Crippen LogP contribution in [0.4, 0.5) is 4.39 Å². The van der Waals surface area contributed by atoms with Crippen LogP contribution in [0.3, 0.4) is 0 Å². The van der Waals surface area contributed by atoms with Crippen LogP contribution < -0.4 is 5.32 Å². The second-order valence-corrected chi connectivity index (χ2v) is 6.29. The van der Waals surface area contributed by atoms with E-state index in [-0.39, 0.29) is 18.3 Å². The Bertz CT molecular complexity index is 668. The minimum atomic E-state index is -0.312. The summed E-state index contributed by atoms with van der Waals surface area (Å²) in [6.45, 7) is 7.69. The van der Waals surface area contributed by atoms with E-state index in [4.69, 9.17) is 4.74 Å². The Balaban J connectivity index is 2.19. The highest BCUT2D eigenvalue weighted by Gasteiger charge is 2.20. The van der Waals surface area contributed by atoms with Crippen molar-refractivity contribution in [3.63, 3.8) is 0 Å². The maximum atomic E-state index is 14.1. The number of likely N-dealkylation sites (N-methyl/N-ethyl adjacent to an activating group) is 1. The fraction of sp³-hybridized carbons (Fsp3) is 0.471. The number of rotatable bonds is 8. The Hall–Kier alpha value is -1.50. The summed E-state index contributed by atoms with van der Waals surface area (Å²) in [4.78, 5) is 15.3. The molecule has 126 valence electrons. The first kappa shape index (κ1) is 17.8. The van der Waals surface area contributed by atoms with Gasteiger partial charge in [0, 0.05) is 35.8 Å². The Labute approximate surface area is 140 Å². The Morgan fingerprint density at radius 1 is 1.35 bits per heavy atom. The van der Waals surface area contributed by atoms with Crippen LogP contribution in [0, 0.1) is 5.82 Å².